The molecule has 0 radical (unpaired) electrons. The van der Waals surface area contributed by atoms with Crippen molar-refractivity contribution in [3.05, 3.63) is 0 Å². The van der Waals surface area contributed by atoms with E-state index >= 15 is 0 Å². The summed E-state index contributed by atoms with van der Waals surface area (Å²) in [5.74, 6) is 8.12. The first-order valence-corrected chi connectivity index (χ1v) is 11.0. The fourth-order valence-corrected chi connectivity index (χ4v) is 3.14. The molecule has 0 bridgehead atoms. The Morgan fingerprint density at radius 2 is 2.00 bits per heavy atom. The molecule has 1 amide bonds. The molecule has 140 valence electrons. The van der Waals surface area contributed by atoms with Gasteiger partial charge in [0.05, 0.1) is 6.61 Å². The van der Waals surface area contributed by atoms with E-state index in [1.165, 1.54) is 0 Å². The predicted octanol–water partition coefficient (Wildman–Crippen LogP) is 2.52. The summed E-state index contributed by atoms with van der Waals surface area (Å²) in [6, 6.07) is 0. The maximum atomic E-state index is 11.6. The Kier molecular flexibility index (Phi) is 18.6. The number of carbonyl (C=O) groups excluding carboxylic acids is 1. The van der Waals surface area contributed by atoms with Crippen LogP contribution < -0.4 is 10.6 Å². The third-order valence-corrected chi connectivity index (χ3v) is 4.74. The minimum atomic E-state index is 0.0446. The van der Waals surface area contributed by atoms with E-state index in [9.17, 15) is 4.79 Å². The Morgan fingerprint density at radius 3 is 2.75 bits per heavy atom. The fraction of sp³-hybridized carbons (Fsp3) is 0.824. The van der Waals surface area contributed by atoms with E-state index in [-0.39, 0.29) is 5.91 Å². The second kappa shape index (κ2) is 18.9. The maximum absolute atomic E-state index is 11.6. The molecular formula is C17H32N2O3S2. The fourth-order valence-electron chi connectivity index (χ4n) is 1.53. The average Bonchev–Trinajstić information content (AvgIpc) is 2.55. The second-order valence-corrected chi connectivity index (χ2v) is 7.83. The normalized spacial score (nSPS) is 10.5. The van der Waals surface area contributed by atoms with Crippen LogP contribution in [0.4, 0.5) is 0 Å². The van der Waals surface area contributed by atoms with E-state index in [4.69, 9.17) is 9.47 Å². The summed E-state index contributed by atoms with van der Waals surface area (Å²) >= 11 is 0. The number of nitrogens with one attached hydrogen (secondary N) is 2. The lowest BCUT2D eigenvalue weighted by Gasteiger charge is -2.06. The van der Waals surface area contributed by atoms with Gasteiger partial charge in [0.15, 0.2) is 0 Å². The van der Waals surface area contributed by atoms with Crippen LogP contribution in [0.5, 0.6) is 0 Å². The van der Waals surface area contributed by atoms with E-state index in [1.54, 1.807) is 21.6 Å². The van der Waals surface area contributed by atoms with Crippen LogP contribution in [0.3, 0.4) is 0 Å². The minimum absolute atomic E-state index is 0.0446. The van der Waals surface area contributed by atoms with Gasteiger partial charge in [-0.1, -0.05) is 54.2 Å². The molecule has 0 saturated heterocycles. The van der Waals surface area contributed by atoms with Crippen molar-refractivity contribution in [3.63, 3.8) is 0 Å². The molecule has 0 saturated carbocycles. The zero-order valence-electron chi connectivity index (χ0n) is 15.2. The highest BCUT2D eigenvalue weighted by Crippen LogP contribution is 2.20. The maximum Gasteiger partial charge on any atom is 0.220 e. The van der Waals surface area contributed by atoms with Gasteiger partial charge in [-0.15, -0.1) is 0 Å². The highest BCUT2D eigenvalue weighted by atomic mass is 33.1. The SMILES string of the molecule is CCNCCSSCOCCCC(=O)NCCOCC#CC(C)C. The summed E-state index contributed by atoms with van der Waals surface area (Å²) in [6.45, 7) is 10.3. The van der Waals surface area contributed by atoms with Crippen molar-refractivity contribution in [2.24, 2.45) is 5.92 Å². The third kappa shape index (κ3) is 19.7. The van der Waals surface area contributed by atoms with Crippen molar-refractivity contribution in [2.75, 3.05) is 51.1 Å². The lowest BCUT2D eigenvalue weighted by Crippen LogP contribution is -2.27. The van der Waals surface area contributed by atoms with Crippen LogP contribution in [-0.2, 0) is 14.3 Å². The van der Waals surface area contributed by atoms with Gasteiger partial charge in [-0.25, -0.2) is 0 Å². The van der Waals surface area contributed by atoms with Crippen LogP contribution in [0.25, 0.3) is 0 Å². The van der Waals surface area contributed by atoms with Crippen molar-refractivity contribution in [1.29, 1.82) is 0 Å². The Labute approximate surface area is 155 Å². The largest absolute Gasteiger partial charge is 0.370 e. The van der Waals surface area contributed by atoms with E-state index in [0.29, 0.717) is 44.6 Å². The van der Waals surface area contributed by atoms with Crippen LogP contribution in [-0.4, -0.2) is 57.1 Å². The molecule has 0 aliphatic heterocycles. The molecule has 5 nitrogen and oxygen atoms in total. The minimum Gasteiger partial charge on any atom is -0.370 e. The highest BCUT2D eigenvalue weighted by molar-refractivity contribution is 8.76. The molecule has 0 rings (SSSR count). The Bertz CT molecular complexity index is 357. The van der Waals surface area contributed by atoms with Gasteiger partial charge >= 0.3 is 0 Å². The highest BCUT2D eigenvalue weighted by Gasteiger charge is 2.00. The van der Waals surface area contributed by atoms with Crippen LogP contribution in [0.1, 0.15) is 33.6 Å². The third-order valence-electron chi connectivity index (χ3n) is 2.65. The van der Waals surface area contributed by atoms with Crippen molar-refractivity contribution in [2.45, 2.75) is 33.6 Å². The van der Waals surface area contributed by atoms with Crippen molar-refractivity contribution >= 4 is 27.5 Å². The van der Waals surface area contributed by atoms with Crippen LogP contribution in [0.2, 0.25) is 0 Å². The lowest BCUT2D eigenvalue weighted by atomic mass is 10.2. The second-order valence-electron chi connectivity index (χ2n) is 5.30. The predicted molar refractivity (Wildman–Crippen MR) is 105 cm³/mol. The summed E-state index contributed by atoms with van der Waals surface area (Å²) in [7, 11) is 3.52. The number of carbonyl (C=O) groups is 1. The van der Waals surface area contributed by atoms with Gasteiger partial charge in [-0.2, -0.15) is 0 Å². The first-order valence-electron chi connectivity index (χ1n) is 8.52. The van der Waals surface area contributed by atoms with E-state index < -0.39 is 0 Å². The first-order chi connectivity index (χ1) is 11.7. The lowest BCUT2D eigenvalue weighted by molar-refractivity contribution is -0.121. The molecule has 0 heterocycles. The smallest absolute Gasteiger partial charge is 0.220 e. The zero-order valence-corrected chi connectivity index (χ0v) is 16.8. The van der Waals surface area contributed by atoms with Gasteiger partial charge in [0.2, 0.25) is 5.91 Å². The molecule has 0 aliphatic carbocycles. The molecule has 0 aliphatic rings. The molecule has 0 fully saturated rings. The van der Waals surface area contributed by atoms with Gasteiger partial charge < -0.3 is 20.1 Å². The first kappa shape index (κ1) is 23.6. The van der Waals surface area contributed by atoms with E-state index in [2.05, 4.69) is 29.4 Å². The van der Waals surface area contributed by atoms with Crippen molar-refractivity contribution in [3.8, 4) is 11.8 Å². The number of hydrogen-bond donors (Lipinski definition) is 2. The number of amides is 1. The standard InChI is InChI=1S/C17H32N2O3S2/c1-4-18-10-14-23-24-15-22-12-6-8-17(20)19-9-13-21-11-5-7-16(2)3/h16,18H,4,6,8-15H2,1-3H3,(H,19,20). The molecule has 0 atom stereocenters. The van der Waals surface area contributed by atoms with Gasteiger partial charge in [-0.3, -0.25) is 4.79 Å². The summed E-state index contributed by atoms with van der Waals surface area (Å²) in [5, 5.41) is 6.10. The Hall–Kier alpha value is -0.390. The molecule has 24 heavy (non-hydrogen) atoms. The van der Waals surface area contributed by atoms with E-state index in [1.807, 2.05) is 13.8 Å². The number of hydrogen-bond acceptors (Lipinski definition) is 6. The average molecular weight is 377 g/mol. The Balaban J connectivity index is 3.23. The summed E-state index contributed by atoms with van der Waals surface area (Å²) in [5.41, 5.74) is 0. The topological polar surface area (TPSA) is 59.6 Å². The molecule has 0 spiro atoms. The molecular weight excluding hydrogens is 344 g/mol. The summed E-state index contributed by atoms with van der Waals surface area (Å²) in [6.07, 6.45) is 1.24. The van der Waals surface area contributed by atoms with Gasteiger partial charge in [-0.05, 0) is 13.0 Å². The van der Waals surface area contributed by atoms with Gasteiger partial charge in [0.1, 0.15) is 12.5 Å². The molecule has 0 unspecified atom stereocenters. The van der Waals surface area contributed by atoms with Gasteiger partial charge in [0, 0.05) is 37.8 Å². The molecule has 0 aromatic heterocycles. The molecule has 7 heteroatoms. The van der Waals surface area contributed by atoms with Crippen molar-refractivity contribution in [1.82, 2.24) is 10.6 Å². The summed E-state index contributed by atoms with van der Waals surface area (Å²) < 4.78 is 10.8. The van der Waals surface area contributed by atoms with Crippen molar-refractivity contribution < 1.29 is 14.3 Å². The number of ether oxygens (including phenoxy) is 2. The van der Waals surface area contributed by atoms with Gasteiger partial charge in [0.25, 0.3) is 0 Å². The van der Waals surface area contributed by atoms with Crippen LogP contribution in [0, 0.1) is 17.8 Å². The quantitative estimate of drug-likeness (QED) is 0.198. The monoisotopic (exact) mass is 376 g/mol. The summed E-state index contributed by atoms with van der Waals surface area (Å²) in [4.78, 5) is 11.6. The molecule has 0 aromatic rings. The van der Waals surface area contributed by atoms with Crippen LogP contribution >= 0.6 is 21.6 Å². The zero-order chi connectivity index (χ0) is 17.9. The van der Waals surface area contributed by atoms with Crippen LogP contribution in [0.15, 0.2) is 0 Å². The molecule has 2 N–H and O–H groups in total. The van der Waals surface area contributed by atoms with E-state index in [0.717, 1.165) is 25.3 Å². The molecule has 0 aromatic carbocycles. The number of rotatable bonds is 15. The Morgan fingerprint density at radius 1 is 1.17 bits per heavy atom.